The Labute approximate surface area is 100 Å². The van der Waals surface area contributed by atoms with E-state index in [0.717, 1.165) is 0 Å². The molecule has 16 heavy (non-hydrogen) atoms. The van der Waals surface area contributed by atoms with Crippen LogP contribution in [0, 0.1) is 5.82 Å². The summed E-state index contributed by atoms with van der Waals surface area (Å²) in [4.78, 5) is 8.10. The normalized spacial score (nSPS) is 11.8. The van der Waals surface area contributed by atoms with Crippen molar-refractivity contribution in [2.45, 2.75) is 0 Å². The van der Waals surface area contributed by atoms with E-state index in [4.69, 9.17) is 17.3 Å². The number of aliphatic imine (C=N–C) groups is 1. The van der Waals surface area contributed by atoms with Crippen molar-refractivity contribution in [3.05, 3.63) is 45.6 Å². The Balaban J connectivity index is 2.32. The number of thiazole rings is 1. The van der Waals surface area contributed by atoms with Crippen LogP contribution >= 0.6 is 22.9 Å². The Hall–Kier alpha value is -1.46. The Kier molecular flexibility index (Phi) is 3.17. The molecule has 1 heterocycles. The fourth-order valence-electron chi connectivity index (χ4n) is 1.09. The maximum atomic E-state index is 12.9. The van der Waals surface area contributed by atoms with E-state index in [9.17, 15) is 4.39 Å². The summed E-state index contributed by atoms with van der Waals surface area (Å²) in [6.45, 7) is 0. The van der Waals surface area contributed by atoms with E-state index < -0.39 is 5.82 Å². The first-order valence-electron chi connectivity index (χ1n) is 4.34. The molecule has 3 nitrogen and oxygen atoms in total. The molecule has 0 aliphatic rings. The zero-order chi connectivity index (χ0) is 11.5. The van der Waals surface area contributed by atoms with Gasteiger partial charge in [-0.3, -0.25) is 0 Å². The molecule has 0 saturated carbocycles. The van der Waals surface area contributed by atoms with Gasteiger partial charge in [-0.25, -0.2) is 14.4 Å². The first-order chi connectivity index (χ1) is 7.66. The van der Waals surface area contributed by atoms with Crippen molar-refractivity contribution in [2.75, 3.05) is 0 Å². The van der Waals surface area contributed by atoms with Gasteiger partial charge in [-0.05, 0) is 18.2 Å². The minimum absolute atomic E-state index is 0.0207. The van der Waals surface area contributed by atoms with Crippen molar-refractivity contribution in [2.24, 2.45) is 10.7 Å². The van der Waals surface area contributed by atoms with Crippen LogP contribution in [-0.4, -0.2) is 10.8 Å². The smallest absolute Gasteiger partial charge is 0.150 e. The zero-order valence-electron chi connectivity index (χ0n) is 8.02. The first kappa shape index (κ1) is 11.0. The van der Waals surface area contributed by atoms with Crippen LogP contribution in [0.25, 0.3) is 0 Å². The van der Waals surface area contributed by atoms with Gasteiger partial charge in [-0.2, -0.15) is 0 Å². The van der Waals surface area contributed by atoms with E-state index in [2.05, 4.69) is 9.98 Å². The Bertz CT molecular complexity index is 525. The van der Waals surface area contributed by atoms with Crippen molar-refractivity contribution in [1.82, 2.24) is 4.98 Å². The number of hydrogen-bond acceptors (Lipinski definition) is 3. The molecule has 0 saturated heterocycles. The summed E-state index contributed by atoms with van der Waals surface area (Å²) < 4.78 is 12.9. The zero-order valence-corrected chi connectivity index (χ0v) is 9.60. The average Bonchev–Trinajstić information content (AvgIpc) is 2.77. The summed E-state index contributed by atoms with van der Waals surface area (Å²) in [6, 6.07) is 4.16. The van der Waals surface area contributed by atoms with Crippen molar-refractivity contribution in [3.63, 3.8) is 0 Å². The lowest BCUT2D eigenvalue weighted by Gasteiger charge is -1.98. The Morgan fingerprint density at radius 1 is 1.50 bits per heavy atom. The maximum Gasteiger partial charge on any atom is 0.150 e. The molecule has 0 aliphatic carbocycles. The van der Waals surface area contributed by atoms with Crippen LogP contribution in [0.15, 0.2) is 34.1 Å². The molecule has 0 radical (unpaired) electrons. The summed E-state index contributed by atoms with van der Waals surface area (Å²) in [6.07, 6.45) is 0. The molecule has 2 rings (SSSR count). The van der Waals surface area contributed by atoms with E-state index in [1.54, 1.807) is 10.9 Å². The van der Waals surface area contributed by atoms with Gasteiger partial charge in [0, 0.05) is 5.38 Å². The van der Waals surface area contributed by atoms with Gasteiger partial charge in [0.2, 0.25) is 0 Å². The van der Waals surface area contributed by atoms with Gasteiger partial charge in [0.25, 0.3) is 0 Å². The molecule has 0 bridgehead atoms. The lowest BCUT2D eigenvalue weighted by Crippen LogP contribution is -2.12. The number of hydrogen-bond donors (Lipinski definition) is 1. The Morgan fingerprint density at radius 3 is 2.94 bits per heavy atom. The van der Waals surface area contributed by atoms with Crippen LogP contribution in [0.1, 0.15) is 5.69 Å². The van der Waals surface area contributed by atoms with E-state index in [0.29, 0.717) is 11.4 Å². The van der Waals surface area contributed by atoms with Crippen LogP contribution in [0.4, 0.5) is 10.1 Å². The van der Waals surface area contributed by atoms with Gasteiger partial charge in [0.1, 0.15) is 11.5 Å². The number of benzene rings is 1. The molecule has 0 aliphatic heterocycles. The quantitative estimate of drug-likeness (QED) is 0.663. The number of nitrogens with two attached hydrogens (primary N) is 1. The van der Waals surface area contributed by atoms with E-state index >= 15 is 0 Å². The minimum atomic E-state index is -0.479. The Morgan fingerprint density at radius 2 is 2.31 bits per heavy atom. The lowest BCUT2D eigenvalue weighted by molar-refractivity contribution is 0.628. The number of amidine groups is 1. The first-order valence-corrected chi connectivity index (χ1v) is 5.66. The molecule has 0 unspecified atom stereocenters. The molecular formula is C10H7ClFN3S. The second-order valence-corrected chi connectivity index (χ2v) is 4.10. The van der Waals surface area contributed by atoms with E-state index in [-0.39, 0.29) is 10.9 Å². The molecule has 1 aromatic carbocycles. The summed E-state index contributed by atoms with van der Waals surface area (Å²) in [7, 11) is 0. The fourth-order valence-corrected chi connectivity index (χ4v) is 1.81. The number of rotatable bonds is 2. The molecule has 0 atom stereocenters. The molecular weight excluding hydrogens is 249 g/mol. The van der Waals surface area contributed by atoms with Crippen molar-refractivity contribution in [1.29, 1.82) is 0 Å². The lowest BCUT2D eigenvalue weighted by atomic mass is 10.3. The summed E-state index contributed by atoms with van der Waals surface area (Å²) in [5, 5.41) is 1.80. The van der Waals surface area contributed by atoms with Gasteiger partial charge in [0.05, 0.1) is 16.2 Å². The third-order valence-electron chi connectivity index (χ3n) is 1.85. The van der Waals surface area contributed by atoms with Crippen molar-refractivity contribution < 1.29 is 4.39 Å². The topological polar surface area (TPSA) is 51.3 Å². The van der Waals surface area contributed by atoms with Gasteiger partial charge >= 0.3 is 0 Å². The number of nitrogens with zero attached hydrogens (tertiary/aromatic N) is 2. The molecule has 0 amide bonds. The highest BCUT2D eigenvalue weighted by atomic mass is 35.5. The summed E-state index contributed by atoms with van der Waals surface area (Å²) in [5.74, 6) is -0.197. The molecule has 0 fully saturated rings. The summed E-state index contributed by atoms with van der Waals surface area (Å²) in [5.41, 5.74) is 8.48. The van der Waals surface area contributed by atoms with Crippen LogP contribution < -0.4 is 5.73 Å². The van der Waals surface area contributed by atoms with Crippen LogP contribution in [0.3, 0.4) is 0 Å². The average molecular weight is 256 g/mol. The predicted octanol–water partition coefficient (Wildman–Crippen LogP) is 2.97. The number of halogens is 2. The third kappa shape index (κ3) is 2.37. The highest BCUT2D eigenvalue weighted by molar-refractivity contribution is 7.07. The molecule has 0 spiro atoms. The maximum absolute atomic E-state index is 12.9. The summed E-state index contributed by atoms with van der Waals surface area (Å²) >= 11 is 7.05. The van der Waals surface area contributed by atoms with Gasteiger partial charge < -0.3 is 5.73 Å². The van der Waals surface area contributed by atoms with Crippen molar-refractivity contribution >= 4 is 34.5 Å². The highest BCUT2D eigenvalue weighted by Gasteiger charge is 2.03. The van der Waals surface area contributed by atoms with E-state index in [1.165, 1.54) is 29.5 Å². The molecule has 2 aromatic rings. The SMILES string of the molecule is NC(=Nc1ccc(F)c(Cl)c1)c1cscn1. The molecule has 2 N–H and O–H groups in total. The molecule has 82 valence electrons. The number of aromatic nitrogens is 1. The van der Waals surface area contributed by atoms with Crippen LogP contribution in [-0.2, 0) is 0 Å². The third-order valence-corrected chi connectivity index (χ3v) is 2.72. The van der Waals surface area contributed by atoms with Crippen LogP contribution in [0.5, 0.6) is 0 Å². The molecule has 6 heteroatoms. The standard InChI is InChI=1S/C10H7ClFN3S/c11-7-3-6(1-2-8(7)12)15-10(13)9-4-16-5-14-9/h1-5H,(H2,13,15). The second kappa shape index (κ2) is 4.59. The minimum Gasteiger partial charge on any atom is -0.382 e. The van der Waals surface area contributed by atoms with Crippen LogP contribution in [0.2, 0.25) is 5.02 Å². The molecule has 1 aromatic heterocycles. The van der Waals surface area contributed by atoms with Gasteiger partial charge in [-0.15, -0.1) is 11.3 Å². The van der Waals surface area contributed by atoms with Gasteiger partial charge in [0.15, 0.2) is 5.84 Å². The monoisotopic (exact) mass is 255 g/mol. The second-order valence-electron chi connectivity index (χ2n) is 2.97. The highest BCUT2D eigenvalue weighted by Crippen LogP contribution is 2.21. The largest absolute Gasteiger partial charge is 0.382 e. The van der Waals surface area contributed by atoms with Crippen molar-refractivity contribution in [3.8, 4) is 0 Å². The van der Waals surface area contributed by atoms with E-state index in [1.807, 2.05) is 0 Å². The predicted molar refractivity (Wildman–Crippen MR) is 63.9 cm³/mol. The van der Waals surface area contributed by atoms with Gasteiger partial charge in [-0.1, -0.05) is 11.6 Å². The fraction of sp³-hybridized carbons (Fsp3) is 0.